The van der Waals surface area contributed by atoms with Crippen molar-refractivity contribution in [2.45, 2.75) is 4.90 Å². The van der Waals surface area contributed by atoms with Gasteiger partial charge in [0.2, 0.25) is 0 Å². The van der Waals surface area contributed by atoms with Crippen LogP contribution in [0.3, 0.4) is 0 Å². The molecule has 2 aromatic carbocycles. The molecule has 8 nitrogen and oxygen atoms in total. The SMILES string of the molecule is N#Cc1cccc(/N=N/c2cc(S(=O)(=O)O)c3cccnc3c2O)c1. The molecule has 3 aromatic rings. The van der Waals surface area contributed by atoms with Gasteiger partial charge in [-0.15, -0.1) is 5.11 Å². The van der Waals surface area contributed by atoms with Gasteiger partial charge in [-0.25, -0.2) is 0 Å². The molecule has 0 atom stereocenters. The smallest absolute Gasteiger partial charge is 0.295 e. The molecule has 0 radical (unpaired) electrons. The van der Waals surface area contributed by atoms with Gasteiger partial charge in [0.15, 0.2) is 5.75 Å². The van der Waals surface area contributed by atoms with Crippen LogP contribution >= 0.6 is 0 Å². The lowest BCUT2D eigenvalue weighted by Gasteiger charge is -2.07. The molecule has 124 valence electrons. The van der Waals surface area contributed by atoms with Crippen molar-refractivity contribution >= 4 is 32.4 Å². The summed E-state index contributed by atoms with van der Waals surface area (Å²) in [5.41, 5.74) is 0.506. The number of nitrogens with zero attached hydrogens (tertiary/aromatic N) is 4. The second-order valence-electron chi connectivity index (χ2n) is 4.98. The van der Waals surface area contributed by atoms with E-state index in [0.29, 0.717) is 11.3 Å². The van der Waals surface area contributed by atoms with Gasteiger partial charge >= 0.3 is 0 Å². The molecule has 0 aliphatic heterocycles. The van der Waals surface area contributed by atoms with Gasteiger partial charge < -0.3 is 5.11 Å². The Hall–Kier alpha value is -3.35. The number of benzene rings is 2. The van der Waals surface area contributed by atoms with Crippen LogP contribution in [0.5, 0.6) is 5.75 Å². The van der Waals surface area contributed by atoms with Crippen molar-refractivity contribution in [2.24, 2.45) is 10.2 Å². The topological polar surface area (TPSA) is 136 Å². The van der Waals surface area contributed by atoms with Crippen molar-refractivity contribution in [2.75, 3.05) is 0 Å². The van der Waals surface area contributed by atoms with Crippen LogP contribution in [0.15, 0.2) is 63.8 Å². The molecule has 0 unspecified atom stereocenters. The summed E-state index contributed by atoms with van der Waals surface area (Å²) in [5.74, 6) is -0.372. The van der Waals surface area contributed by atoms with Crippen LogP contribution in [0, 0.1) is 11.3 Å². The molecule has 0 aliphatic carbocycles. The van der Waals surface area contributed by atoms with Crippen LogP contribution in [0.25, 0.3) is 10.9 Å². The van der Waals surface area contributed by atoms with E-state index in [2.05, 4.69) is 15.2 Å². The second kappa shape index (κ2) is 6.27. The molecule has 1 aromatic heterocycles. The van der Waals surface area contributed by atoms with Crippen LogP contribution in [0.4, 0.5) is 11.4 Å². The summed E-state index contributed by atoms with van der Waals surface area (Å²) < 4.78 is 32.6. The van der Waals surface area contributed by atoms with Gasteiger partial charge in [0.05, 0.1) is 17.3 Å². The maximum Gasteiger partial charge on any atom is 0.295 e. The Morgan fingerprint density at radius 3 is 2.64 bits per heavy atom. The molecule has 9 heteroatoms. The maximum atomic E-state index is 11.6. The molecule has 2 N–H and O–H groups in total. The Bertz CT molecular complexity index is 1150. The summed E-state index contributed by atoms with van der Waals surface area (Å²) >= 11 is 0. The number of aromatic hydroxyl groups is 1. The van der Waals surface area contributed by atoms with Crippen molar-refractivity contribution in [1.29, 1.82) is 5.26 Å². The summed E-state index contributed by atoms with van der Waals surface area (Å²) in [7, 11) is -4.56. The third-order valence-corrected chi connectivity index (χ3v) is 4.23. The highest BCUT2D eigenvalue weighted by Crippen LogP contribution is 2.38. The van der Waals surface area contributed by atoms with Gasteiger partial charge in [-0.05, 0) is 36.4 Å². The van der Waals surface area contributed by atoms with Crippen LogP contribution in [0.1, 0.15) is 5.56 Å². The molecule has 0 bridgehead atoms. The van der Waals surface area contributed by atoms with Gasteiger partial charge in [0, 0.05) is 11.6 Å². The Labute approximate surface area is 142 Å². The average molecular weight is 354 g/mol. The quantitative estimate of drug-likeness (QED) is 0.546. The minimum Gasteiger partial charge on any atom is -0.504 e. The zero-order valence-corrected chi connectivity index (χ0v) is 13.3. The van der Waals surface area contributed by atoms with E-state index >= 15 is 0 Å². The van der Waals surface area contributed by atoms with Crippen molar-refractivity contribution in [3.63, 3.8) is 0 Å². The zero-order valence-electron chi connectivity index (χ0n) is 12.5. The summed E-state index contributed by atoms with van der Waals surface area (Å²) in [4.78, 5) is 3.49. The first kappa shape index (κ1) is 16.5. The lowest BCUT2D eigenvalue weighted by atomic mass is 10.2. The monoisotopic (exact) mass is 354 g/mol. The average Bonchev–Trinajstić information content (AvgIpc) is 2.60. The fourth-order valence-electron chi connectivity index (χ4n) is 2.22. The molecule has 3 rings (SSSR count). The van der Waals surface area contributed by atoms with Gasteiger partial charge in [-0.3, -0.25) is 9.54 Å². The van der Waals surface area contributed by atoms with Crippen molar-refractivity contribution < 1.29 is 18.1 Å². The number of hydrogen-bond donors (Lipinski definition) is 2. The van der Waals surface area contributed by atoms with E-state index in [4.69, 9.17) is 5.26 Å². The minimum absolute atomic E-state index is 0.0302. The largest absolute Gasteiger partial charge is 0.504 e. The molecule has 25 heavy (non-hydrogen) atoms. The van der Waals surface area contributed by atoms with E-state index in [-0.39, 0.29) is 22.3 Å². The molecule has 0 amide bonds. The molecule has 0 aliphatic rings. The Kier molecular flexibility index (Phi) is 4.14. The molecule has 0 saturated heterocycles. The molecular formula is C16H10N4O4S. The fourth-order valence-corrected chi connectivity index (χ4v) is 2.93. The highest BCUT2D eigenvalue weighted by Gasteiger charge is 2.20. The fraction of sp³-hybridized carbons (Fsp3) is 0. The molecule has 1 heterocycles. The van der Waals surface area contributed by atoms with E-state index in [1.54, 1.807) is 18.2 Å². The van der Waals surface area contributed by atoms with Crippen molar-refractivity contribution in [1.82, 2.24) is 4.98 Å². The summed E-state index contributed by atoms with van der Waals surface area (Å²) in [5, 5.41) is 26.9. The Morgan fingerprint density at radius 1 is 1.12 bits per heavy atom. The van der Waals surface area contributed by atoms with E-state index in [9.17, 15) is 18.1 Å². The van der Waals surface area contributed by atoms with Crippen molar-refractivity contribution in [3.05, 3.63) is 54.2 Å². The first-order valence-electron chi connectivity index (χ1n) is 6.90. The van der Waals surface area contributed by atoms with Crippen LogP contribution in [0.2, 0.25) is 0 Å². The third kappa shape index (κ3) is 3.30. The maximum absolute atomic E-state index is 11.6. The minimum atomic E-state index is -4.56. The lowest BCUT2D eigenvalue weighted by Crippen LogP contribution is -1.99. The molecule has 0 spiro atoms. The van der Waals surface area contributed by atoms with Gasteiger partial charge in [-0.1, -0.05) is 6.07 Å². The highest BCUT2D eigenvalue weighted by molar-refractivity contribution is 7.86. The standard InChI is InChI=1S/C16H10N4O4S/c17-9-10-3-1-4-11(7-10)19-20-13-8-14(25(22,23)24)12-5-2-6-18-15(12)16(13)21/h1-8,21H,(H,22,23,24)/b20-19+. The van der Waals surface area contributed by atoms with Crippen LogP contribution < -0.4 is 0 Å². The number of hydrogen-bond acceptors (Lipinski definition) is 7. The predicted octanol–water partition coefficient (Wildman–Crippen LogP) is 3.47. The first-order chi connectivity index (χ1) is 11.9. The van der Waals surface area contributed by atoms with E-state index in [1.165, 1.54) is 24.4 Å². The number of fused-ring (bicyclic) bond motifs is 1. The normalized spacial score (nSPS) is 11.7. The lowest BCUT2D eigenvalue weighted by molar-refractivity contribution is 0.479. The number of rotatable bonds is 3. The number of aromatic nitrogens is 1. The van der Waals surface area contributed by atoms with Crippen LogP contribution in [-0.2, 0) is 10.1 Å². The summed E-state index contributed by atoms with van der Waals surface area (Å²) in [6, 6.07) is 12.1. The van der Waals surface area contributed by atoms with Gasteiger partial charge in [-0.2, -0.15) is 18.8 Å². The number of phenols is 1. The number of pyridine rings is 1. The van der Waals surface area contributed by atoms with E-state index in [0.717, 1.165) is 6.07 Å². The zero-order chi connectivity index (χ0) is 18.0. The molecule has 0 saturated carbocycles. The second-order valence-corrected chi connectivity index (χ2v) is 6.37. The van der Waals surface area contributed by atoms with Crippen molar-refractivity contribution in [3.8, 4) is 11.8 Å². The van der Waals surface area contributed by atoms with E-state index in [1.807, 2.05) is 6.07 Å². The van der Waals surface area contributed by atoms with Crippen LogP contribution in [-0.4, -0.2) is 23.1 Å². The van der Waals surface area contributed by atoms with Gasteiger partial charge in [0.25, 0.3) is 10.1 Å². The van der Waals surface area contributed by atoms with E-state index < -0.39 is 15.0 Å². The Morgan fingerprint density at radius 2 is 1.92 bits per heavy atom. The third-order valence-electron chi connectivity index (χ3n) is 3.33. The molecular weight excluding hydrogens is 344 g/mol. The molecule has 0 fully saturated rings. The first-order valence-corrected chi connectivity index (χ1v) is 8.34. The summed E-state index contributed by atoms with van der Waals surface area (Å²) in [6.07, 6.45) is 1.37. The Balaban J connectivity index is 2.18. The number of azo groups is 1. The summed E-state index contributed by atoms with van der Waals surface area (Å²) in [6.45, 7) is 0. The number of phenolic OH excluding ortho intramolecular Hbond substituents is 1. The number of nitriles is 1. The predicted molar refractivity (Wildman–Crippen MR) is 88.6 cm³/mol. The highest BCUT2D eigenvalue weighted by atomic mass is 32.2. The van der Waals surface area contributed by atoms with Gasteiger partial charge in [0.1, 0.15) is 16.1 Å².